The summed E-state index contributed by atoms with van der Waals surface area (Å²) >= 11 is 5.78. The highest BCUT2D eigenvalue weighted by Gasteiger charge is 2.40. The van der Waals surface area contributed by atoms with Crippen LogP contribution in [-0.2, 0) is 16.2 Å². The Hall–Kier alpha value is -2.43. The largest absolute Gasteiger partial charge is 0.416 e. The van der Waals surface area contributed by atoms with Crippen molar-refractivity contribution < 1.29 is 26.1 Å². The summed E-state index contributed by atoms with van der Waals surface area (Å²) in [4.78, 5) is 4.26. The van der Waals surface area contributed by atoms with Crippen molar-refractivity contribution in [3.8, 4) is 11.4 Å². The number of hydrogen-bond donors (Lipinski definition) is 0. The van der Waals surface area contributed by atoms with Gasteiger partial charge in [0, 0.05) is 23.7 Å². The molecule has 0 spiro atoms. The van der Waals surface area contributed by atoms with E-state index in [0.717, 1.165) is 12.1 Å². The molecule has 2 heterocycles. The van der Waals surface area contributed by atoms with Gasteiger partial charge in [-0.1, -0.05) is 28.9 Å². The molecule has 0 amide bonds. The van der Waals surface area contributed by atoms with E-state index in [1.54, 1.807) is 0 Å². The van der Waals surface area contributed by atoms with E-state index in [1.807, 2.05) is 0 Å². The van der Waals surface area contributed by atoms with Gasteiger partial charge >= 0.3 is 6.18 Å². The van der Waals surface area contributed by atoms with Crippen LogP contribution in [0.15, 0.2) is 57.9 Å². The lowest BCUT2D eigenvalue weighted by atomic mass is 10.0. The Kier molecular flexibility index (Phi) is 4.88. The highest BCUT2D eigenvalue weighted by atomic mass is 35.5. The summed E-state index contributed by atoms with van der Waals surface area (Å²) < 4.78 is 70.1. The fourth-order valence-electron chi connectivity index (χ4n) is 2.90. The van der Waals surface area contributed by atoms with Crippen molar-refractivity contribution in [3.05, 3.63) is 65.0 Å². The number of nitrogens with zero attached hydrogens (tertiary/aromatic N) is 3. The van der Waals surface area contributed by atoms with E-state index in [2.05, 4.69) is 10.1 Å². The Balaban J connectivity index is 1.48. The van der Waals surface area contributed by atoms with Crippen LogP contribution in [-0.4, -0.2) is 36.0 Å². The van der Waals surface area contributed by atoms with Gasteiger partial charge in [-0.3, -0.25) is 0 Å². The minimum absolute atomic E-state index is 0.0186. The Morgan fingerprint density at radius 2 is 1.79 bits per heavy atom. The van der Waals surface area contributed by atoms with Gasteiger partial charge in [0.1, 0.15) is 0 Å². The van der Waals surface area contributed by atoms with Crippen LogP contribution < -0.4 is 0 Å². The van der Waals surface area contributed by atoms with E-state index in [9.17, 15) is 21.6 Å². The Morgan fingerprint density at radius 1 is 1.10 bits per heavy atom. The van der Waals surface area contributed by atoms with Crippen molar-refractivity contribution >= 4 is 21.6 Å². The molecule has 11 heteroatoms. The summed E-state index contributed by atoms with van der Waals surface area (Å²) in [6.45, 7) is 0.268. The van der Waals surface area contributed by atoms with Crippen molar-refractivity contribution in [1.29, 1.82) is 0 Å². The lowest BCUT2D eigenvalue weighted by molar-refractivity contribution is -0.137. The van der Waals surface area contributed by atoms with Crippen LogP contribution in [0.5, 0.6) is 0 Å². The fraction of sp³-hybridized carbons (Fsp3) is 0.222. The molecule has 0 N–H and O–H groups in total. The maximum absolute atomic E-state index is 12.9. The zero-order valence-corrected chi connectivity index (χ0v) is 16.2. The average molecular weight is 444 g/mol. The third-order valence-corrected chi connectivity index (χ3v) is 6.64. The number of alkyl halides is 3. The number of halogens is 4. The predicted molar refractivity (Wildman–Crippen MR) is 97.7 cm³/mol. The van der Waals surface area contributed by atoms with Crippen LogP contribution in [0.2, 0.25) is 5.02 Å². The molecule has 6 nitrogen and oxygen atoms in total. The lowest BCUT2D eigenvalue weighted by Crippen LogP contribution is -2.48. The van der Waals surface area contributed by atoms with Crippen molar-refractivity contribution in [3.63, 3.8) is 0 Å². The number of sulfonamides is 1. The summed E-state index contributed by atoms with van der Waals surface area (Å²) in [5, 5.41) is 4.16. The first-order valence-electron chi connectivity index (χ1n) is 8.41. The second-order valence-corrected chi connectivity index (χ2v) is 8.88. The molecule has 0 aliphatic carbocycles. The summed E-state index contributed by atoms with van der Waals surface area (Å²) in [7, 11) is -3.67. The molecule has 0 atom stereocenters. The average Bonchev–Trinajstić information content (AvgIpc) is 3.09. The normalized spacial score (nSPS) is 16.0. The molecule has 29 heavy (non-hydrogen) atoms. The monoisotopic (exact) mass is 443 g/mol. The van der Waals surface area contributed by atoms with Crippen LogP contribution in [0.1, 0.15) is 17.4 Å². The molecular formula is C18H13ClF3N3O3S. The van der Waals surface area contributed by atoms with Crippen LogP contribution >= 0.6 is 11.6 Å². The first kappa shape index (κ1) is 19.9. The SMILES string of the molecule is O=S(=O)(c1ccc(Cl)cc1)N1CC(c2nc(-c3cccc(C(F)(F)F)c3)no2)C1. The second-order valence-electron chi connectivity index (χ2n) is 6.51. The maximum atomic E-state index is 12.9. The minimum atomic E-state index is -4.48. The van der Waals surface area contributed by atoms with Crippen LogP contribution in [0.4, 0.5) is 13.2 Å². The lowest BCUT2D eigenvalue weighted by Gasteiger charge is -2.35. The predicted octanol–water partition coefficient (Wildman–Crippen LogP) is 4.20. The van der Waals surface area contributed by atoms with E-state index < -0.39 is 21.8 Å². The molecule has 3 aromatic rings. The summed E-state index contributed by atoms with van der Waals surface area (Å²) in [5.41, 5.74) is -0.648. The standard InChI is InChI=1S/C18H13ClF3N3O3S/c19-14-4-6-15(7-5-14)29(26,27)25-9-12(10-25)17-23-16(24-28-17)11-2-1-3-13(8-11)18(20,21)22/h1-8,12H,9-10H2. The highest BCUT2D eigenvalue weighted by Crippen LogP contribution is 2.34. The molecule has 1 aliphatic rings. The van der Waals surface area contributed by atoms with E-state index in [4.69, 9.17) is 16.1 Å². The van der Waals surface area contributed by atoms with E-state index in [0.29, 0.717) is 5.02 Å². The van der Waals surface area contributed by atoms with Gasteiger partial charge in [0.15, 0.2) is 0 Å². The third kappa shape index (κ3) is 3.87. The second kappa shape index (κ2) is 7.12. The summed E-state index contributed by atoms with van der Waals surface area (Å²) in [6, 6.07) is 10.4. The maximum Gasteiger partial charge on any atom is 0.416 e. The van der Waals surface area contributed by atoms with Crippen molar-refractivity contribution in [2.75, 3.05) is 13.1 Å². The van der Waals surface area contributed by atoms with Gasteiger partial charge in [0.25, 0.3) is 0 Å². The van der Waals surface area contributed by atoms with Gasteiger partial charge in [0.05, 0.1) is 16.4 Å². The van der Waals surface area contributed by atoms with E-state index in [-0.39, 0.29) is 41.2 Å². The van der Waals surface area contributed by atoms with Crippen molar-refractivity contribution in [2.45, 2.75) is 17.0 Å². The summed E-state index contributed by atoms with van der Waals surface area (Å²) in [6.07, 6.45) is -4.48. The van der Waals surface area contributed by atoms with E-state index >= 15 is 0 Å². The minimum Gasteiger partial charge on any atom is -0.339 e. The number of rotatable bonds is 4. The zero-order chi connectivity index (χ0) is 20.8. The molecule has 4 rings (SSSR count). The number of hydrogen-bond acceptors (Lipinski definition) is 5. The van der Waals surface area contributed by atoms with Crippen LogP contribution in [0, 0.1) is 0 Å². The van der Waals surface area contributed by atoms with Gasteiger partial charge in [-0.05, 0) is 36.4 Å². The van der Waals surface area contributed by atoms with Crippen molar-refractivity contribution in [2.24, 2.45) is 0 Å². The number of benzene rings is 2. The van der Waals surface area contributed by atoms with Gasteiger partial charge in [-0.2, -0.15) is 22.5 Å². The van der Waals surface area contributed by atoms with Gasteiger partial charge < -0.3 is 4.52 Å². The van der Waals surface area contributed by atoms with Gasteiger partial charge in [0.2, 0.25) is 21.7 Å². The molecule has 1 saturated heterocycles. The van der Waals surface area contributed by atoms with Gasteiger partial charge in [-0.25, -0.2) is 8.42 Å². The Labute approximate surface area is 169 Å². The topological polar surface area (TPSA) is 76.3 Å². The third-order valence-electron chi connectivity index (χ3n) is 4.54. The first-order chi connectivity index (χ1) is 13.6. The summed E-state index contributed by atoms with van der Waals surface area (Å²) in [5.74, 6) is -0.130. The molecular weight excluding hydrogens is 431 g/mol. The first-order valence-corrected chi connectivity index (χ1v) is 10.2. The Bertz CT molecular complexity index is 1140. The molecule has 1 aliphatic heterocycles. The Morgan fingerprint density at radius 3 is 2.45 bits per heavy atom. The molecule has 152 valence electrons. The molecule has 1 aromatic heterocycles. The number of aromatic nitrogens is 2. The highest BCUT2D eigenvalue weighted by molar-refractivity contribution is 7.89. The van der Waals surface area contributed by atoms with Crippen LogP contribution in [0.3, 0.4) is 0 Å². The van der Waals surface area contributed by atoms with Crippen LogP contribution in [0.25, 0.3) is 11.4 Å². The molecule has 0 radical (unpaired) electrons. The molecule has 2 aromatic carbocycles. The molecule has 0 bridgehead atoms. The smallest absolute Gasteiger partial charge is 0.339 e. The van der Waals surface area contributed by atoms with E-state index in [1.165, 1.54) is 40.7 Å². The molecule has 0 unspecified atom stereocenters. The quantitative estimate of drug-likeness (QED) is 0.604. The van der Waals surface area contributed by atoms with Gasteiger partial charge in [-0.15, -0.1) is 0 Å². The van der Waals surface area contributed by atoms with Crippen molar-refractivity contribution in [1.82, 2.24) is 14.4 Å². The molecule has 0 saturated carbocycles. The molecule has 1 fully saturated rings. The zero-order valence-electron chi connectivity index (χ0n) is 14.6. The fourth-order valence-corrected chi connectivity index (χ4v) is 4.56.